The molecule has 1 unspecified atom stereocenters. The van der Waals surface area contributed by atoms with E-state index < -0.39 is 0 Å². The Hall–Kier alpha value is -4.36. The zero-order valence-corrected chi connectivity index (χ0v) is 22.6. The Morgan fingerprint density at radius 3 is 2.28 bits per heavy atom. The van der Waals surface area contributed by atoms with Crippen LogP contribution in [0.25, 0.3) is 5.70 Å². The van der Waals surface area contributed by atoms with Crippen molar-refractivity contribution in [2.24, 2.45) is 16.6 Å². The summed E-state index contributed by atoms with van der Waals surface area (Å²) >= 11 is 0. The van der Waals surface area contributed by atoms with Gasteiger partial charge in [0.25, 0.3) is 0 Å². The number of allylic oxidation sites excluding steroid dienone is 3. The zero-order valence-electron chi connectivity index (χ0n) is 22.6. The lowest BCUT2D eigenvalue weighted by Crippen LogP contribution is -2.36. The van der Waals surface area contributed by atoms with E-state index in [2.05, 4.69) is 32.7 Å². The number of carbonyl (C=O) groups is 1. The third-order valence-corrected chi connectivity index (χ3v) is 6.48. The van der Waals surface area contributed by atoms with Crippen molar-refractivity contribution in [3.63, 3.8) is 0 Å². The van der Waals surface area contributed by atoms with Gasteiger partial charge in [0.1, 0.15) is 0 Å². The van der Waals surface area contributed by atoms with E-state index in [4.69, 9.17) is 10.5 Å². The maximum Gasteiger partial charge on any atom is 0.227 e. The lowest BCUT2D eigenvalue weighted by Gasteiger charge is -2.28. The molecule has 0 spiro atoms. The summed E-state index contributed by atoms with van der Waals surface area (Å²) in [5.41, 5.74) is 11.8. The maximum absolute atomic E-state index is 12.7. The second-order valence-corrected chi connectivity index (χ2v) is 9.50. The van der Waals surface area contributed by atoms with Crippen LogP contribution in [0.2, 0.25) is 0 Å². The van der Waals surface area contributed by atoms with Crippen LogP contribution in [-0.2, 0) is 16.0 Å². The van der Waals surface area contributed by atoms with Gasteiger partial charge in [0, 0.05) is 41.6 Å². The number of nitrogens with one attached hydrogen (secondary N) is 2. The largest absolute Gasteiger partial charge is 0.378 e. The molecule has 1 aliphatic rings. The number of rotatable bonds is 9. The first-order valence-electron chi connectivity index (χ1n) is 13.3. The van der Waals surface area contributed by atoms with Crippen molar-refractivity contribution < 1.29 is 9.53 Å². The third-order valence-electron chi connectivity index (χ3n) is 6.48. The molecule has 1 heterocycles. The minimum atomic E-state index is -0.143. The summed E-state index contributed by atoms with van der Waals surface area (Å²) in [5.74, 6) is 0.134. The molecule has 3 aromatic rings. The monoisotopic (exact) mass is 523 g/mol. The van der Waals surface area contributed by atoms with Gasteiger partial charge in [-0.15, -0.1) is 0 Å². The Balaban J connectivity index is 1.39. The molecule has 4 rings (SSSR count). The average Bonchev–Trinajstić information content (AvgIpc) is 2.97. The van der Waals surface area contributed by atoms with Crippen LogP contribution in [0, 0.1) is 5.92 Å². The quantitative estimate of drug-likeness (QED) is 0.191. The standard InChI is InChI=1S/C32H37N5O2/c1-3-4-10-30(36-32(33)35-28-15-17-29(18-16-28)37-19-21-39-22-20-37)26-11-13-27(14-12-26)34-31(38)24(2)23-25-8-6-5-7-9-25/h3-18,24H,19-23H2,1-2H3,(H,34,38)(H3,33,35,36)/b4-3-,30-10-. The first-order valence-corrected chi connectivity index (χ1v) is 13.3. The van der Waals surface area contributed by atoms with Gasteiger partial charge in [0.05, 0.1) is 18.9 Å². The number of morpholine rings is 1. The lowest BCUT2D eigenvalue weighted by atomic mass is 10.0. The van der Waals surface area contributed by atoms with Crippen LogP contribution in [0.4, 0.5) is 17.1 Å². The predicted octanol–water partition coefficient (Wildman–Crippen LogP) is 5.68. The van der Waals surface area contributed by atoms with Gasteiger partial charge >= 0.3 is 0 Å². The van der Waals surface area contributed by atoms with Crippen LogP contribution in [0.5, 0.6) is 0 Å². The minimum absolute atomic E-state index is 0.0117. The van der Waals surface area contributed by atoms with Gasteiger partial charge in [-0.2, -0.15) is 0 Å². The predicted molar refractivity (Wildman–Crippen MR) is 162 cm³/mol. The molecule has 202 valence electrons. The number of nitrogens with two attached hydrogens (primary N) is 1. The van der Waals surface area contributed by atoms with Gasteiger partial charge in [-0.25, -0.2) is 4.99 Å². The van der Waals surface area contributed by atoms with E-state index in [1.165, 1.54) is 0 Å². The van der Waals surface area contributed by atoms with Gasteiger partial charge < -0.3 is 26.0 Å². The van der Waals surface area contributed by atoms with Gasteiger partial charge in [-0.3, -0.25) is 4.79 Å². The Morgan fingerprint density at radius 2 is 1.62 bits per heavy atom. The molecule has 7 heteroatoms. The molecule has 1 atom stereocenters. The molecule has 1 amide bonds. The van der Waals surface area contributed by atoms with Crippen LogP contribution in [0.3, 0.4) is 0 Å². The van der Waals surface area contributed by atoms with Crippen molar-refractivity contribution >= 4 is 34.6 Å². The number of hydrogen-bond acceptors (Lipinski definition) is 4. The van der Waals surface area contributed by atoms with E-state index in [0.717, 1.165) is 54.5 Å². The van der Waals surface area contributed by atoms with E-state index >= 15 is 0 Å². The van der Waals surface area contributed by atoms with Crippen LogP contribution < -0.4 is 21.3 Å². The highest BCUT2D eigenvalue weighted by Crippen LogP contribution is 2.22. The van der Waals surface area contributed by atoms with E-state index in [-0.39, 0.29) is 17.8 Å². The van der Waals surface area contributed by atoms with E-state index in [1.807, 2.05) is 98.8 Å². The smallest absolute Gasteiger partial charge is 0.227 e. The van der Waals surface area contributed by atoms with Crippen LogP contribution in [-0.4, -0.2) is 38.2 Å². The molecule has 1 aliphatic heterocycles. The Morgan fingerprint density at radius 1 is 0.974 bits per heavy atom. The number of guanidine groups is 1. The molecule has 0 aromatic heterocycles. The molecule has 39 heavy (non-hydrogen) atoms. The number of anilines is 3. The number of carbonyl (C=O) groups excluding carboxylic acids is 1. The van der Waals surface area contributed by atoms with Crippen molar-refractivity contribution in [2.75, 3.05) is 41.8 Å². The maximum atomic E-state index is 12.7. The summed E-state index contributed by atoms with van der Waals surface area (Å²) in [6.45, 7) is 7.18. The molecule has 0 bridgehead atoms. The first kappa shape index (κ1) is 27.7. The SMILES string of the molecule is C/C=C\C=C(/N=C(N)Nc1ccc(N2CCOCC2)cc1)c1ccc(NC(=O)C(C)Cc2ccccc2)cc1. The summed E-state index contributed by atoms with van der Waals surface area (Å²) in [7, 11) is 0. The Bertz CT molecular complexity index is 1290. The van der Waals surface area contributed by atoms with Gasteiger partial charge in [-0.05, 0) is 61.4 Å². The van der Waals surface area contributed by atoms with Crippen LogP contribution in [0.15, 0.2) is 102 Å². The fourth-order valence-electron chi connectivity index (χ4n) is 4.32. The second kappa shape index (κ2) is 14.0. The summed E-state index contributed by atoms with van der Waals surface area (Å²) in [4.78, 5) is 19.7. The van der Waals surface area contributed by atoms with E-state index in [9.17, 15) is 4.79 Å². The lowest BCUT2D eigenvalue weighted by molar-refractivity contribution is -0.119. The number of benzene rings is 3. The molecule has 7 nitrogen and oxygen atoms in total. The number of ether oxygens (including phenoxy) is 1. The van der Waals surface area contributed by atoms with Crippen LogP contribution >= 0.6 is 0 Å². The molecular weight excluding hydrogens is 486 g/mol. The molecule has 0 saturated carbocycles. The molecule has 3 aromatic carbocycles. The zero-order chi connectivity index (χ0) is 27.5. The average molecular weight is 524 g/mol. The van der Waals surface area contributed by atoms with Gasteiger partial charge in [0.15, 0.2) is 5.96 Å². The van der Waals surface area contributed by atoms with Gasteiger partial charge in [-0.1, -0.05) is 61.5 Å². The first-order chi connectivity index (χ1) is 19.0. The Kier molecular flexibility index (Phi) is 9.92. The molecule has 1 fully saturated rings. The summed E-state index contributed by atoms with van der Waals surface area (Å²) in [5, 5.41) is 6.20. The Labute approximate surface area is 231 Å². The van der Waals surface area contributed by atoms with Crippen molar-refractivity contribution in [1.29, 1.82) is 0 Å². The second-order valence-electron chi connectivity index (χ2n) is 9.50. The van der Waals surface area contributed by atoms with Crippen molar-refractivity contribution in [2.45, 2.75) is 20.3 Å². The van der Waals surface area contributed by atoms with Crippen molar-refractivity contribution in [3.05, 3.63) is 108 Å². The molecule has 4 N–H and O–H groups in total. The van der Waals surface area contributed by atoms with Crippen molar-refractivity contribution in [1.82, 2.24) is 0 Å². The molecular formula is C32H37N5O2. The van der Waals surface area contributed by atoms with Crippen LogP contribution in [0.1, 0.15) is 25.0 Å². The molecule has 1 saturated heterocycles. The minimum Gasteiger partial charge on any atom is -0.378 e. The topological polar surface area (TPSA) is 92.0 Å². The van der Waals surface area contributed by atoms with Crippen molar-refractivity contribution in [3.8, 4) is 0 Å². The third kappa shape index (κ3) is 8.32. The fraction of sp³-hybridized carbons (Fsp3) is 0.250. The fourth-order valence-corrected chi connectivity index (χ4v) is 4.32. The molecule has 0 aliphatic carbocycles. The summed E-state index contributed by atoms with van der Waals surface area (Å²) in [6, 6.07) is 25.8. The normalized spacial score (nSPS) is 15.3. The highest BCUT2D eigenvalue weighted by atomic mass is 16.5. The number of nitrogens with zero attached hydrogens (tertiary/aromatic N) is 2. The summed E-state index contributed by atoms with van der Waals surface area (Å²) < 4.78 is 5.44. The number of aliphatic imine (C=N–C) groups is 1. The highest BCUT2D eigenvalue weighted by molar-refractivity contribution is 5.96. The summed E-state index contributed by atoms with van der Waals surface area (Å²) in [6.07, 6.45) is 6.46. The van der Waals surface area contributed by atoms with E-state index in [1.54, 1.807) is 0 Å². The number of hydrogen-bond donors (Lipinski definition) is 3. The van der Waals surface area contributed by atoms with Gasteiger partial charge in [0.2, 0.25) is 5.91 Å². The highest BCUT2D eigenvalue weighted by Gasteiger charge is 2.14. The number of amides is 1. The van der Waals surface area contributed by atoms with E-state index in [0.29, 0.717) is 12.1 Å². The molecule has 0 radical (unpaired) electrons.